The lowest BCUT2D eigenvalue weighted by Gasteiger charge is -2.23. The number of aromatic nitrogens is 5. The number of hydrogen-bond acceptors (Lipinski definition) is 6. The van der Waals surface area contributed by atoms with Crippen molar-refractivity contribution in [1.82, 2.24) is 30.1 Å². The van der Waals surface area contributed by atoms with Crippen molar-refractivity contribution in [3.05, 3.63) is 58.4 Å². The van der Waals surface area contributed by atoms with E-state index in [-0.39, 0.29) is 41.2 Å². The van der Waals surface area contributed by atoms with Crippen molar-refractivity contribution < 1.29 is 8.91 Å². The Hall–Kier alpha value is -3.04. The van der Waals surface area contributed by atoms with Gasteiger partial charge in [0.05, 0.1) is 17.5 Å². The SMILES string of the molecule is Cl.O=c1cc(C2CCNCC2)n2ncc(-c3nc(-c4ccccc4F)no3)c2[nH]1. The molecule has 0 bridgehead atoms. The van der Waals surface area contributed by atoms with E-state index in [2.05, 4.69) is 25.5 Å². The van der Waals surface area contributed by atoms with E-state index in [4.69, 9.17) is 4.52 Å². The number of hydrogen-bond donors (Lipinski definition) is 2. The topological polar surface area (TPSA) is 101 Å². The van der Waals surface area contributed by atoms with Gasteiger partial charge in [0, 0.05) is 12.0 Å². The molecular weight excluding hydrogens is 399 g/mol. The van der Waals surface area contributed by atoms with Crippen LogP contribution in [0.5, 0.6) is 0 Å². The molecule has 1 aliphatic heterocycles. The lowest BCUT2D eigenvalue weighted by molar-refractivity contribution is 0.432. The van der Waals surface area contributed by atoms with Crippen molar-refractivity contribution in [2.75, 3.05) is 13.1 Å². The Bertz CT molecular complexity index is 1210. The number of nitrogens with one attached hydrogen (secondary N) is 2. The van der Waals surface area contributed by atoms with E-state index in [1.165, 1.54) is 6.07 Å². The summed E-state index contributed by atoms with van der Waals surface area (Å²) in [6.45, 7) is 1.81. The Morgan fingerprint density at radius 1 is 1.17 bits per heavy atom. The molecule has 0 saturated carbocycles. The van der Waals surface area contributed by atoms with Crippen molar-refractivity contribution in [3.8, 4) is 22.8 Å². The van der Waals surface area contributed by atoms with Gasteiger partial charge in [0.2, 0.25) is 5.82 Å². The Labute approximate surface area is 170 Å². The molecule has 4 aromatic rings. The first-order valence-electron chi connectivity index (χ1n) is 9.11. The minimum absolute atomic E-state index is 0. The van der Waals surface area contributed by atoms with Gasteiger partial charge in [-0.15, -0.1) is 12.4 Å². The van der Waals surface area contributed by atoms with E-state index in [9.17, 15) is 9.18 Å². The minimum Gasteiger partial charge on any atom is -0.333 e. The Morgan fingerprint density at radius 2 is 1.97 bits per heavy atom. The van der Waals surface area contributed by atoms with Crippen molar-refractivity contribution in [3.63, 3.8) is 0 Å². The second-order valence-electron chi connectivity index (χ2n) is 6.80. The molecule has 150 valence electrons. The summed E-state index contributed by atoms with van der Waals surface area (Å²) in [7, 11) is 0. The number of H-pyrrole nitrogens is 1. The third-order valence-corrected chi connectivity index (χ3v) is 5.06. The van der Waals surface area contributed by atoms with Gasteiger partial charge in [-0.25, -0.2) is 8.91 Å². The molecule has 0 spiro atoms. The van der Waals surface area contributed by atoms with Gasteiger partial charge in [0.15, 0.2) is 0 Å². The lowest BCUT2D eigenvalue weighted by atomic mass is 9.94. The summed E-state index contributed by atoms with van der Waals surface area (Å²) < 4.78 is 21.1. The fourth-order valence-corrected chi connectivity index (χ4v) is 3.66. The van der Waals surface area contributed by atoms with Crippen LogP contribution < -0.4 is 10.9 Å². The monoisotopic (exact) mass is 416 g/mol. The first kappa shape index (κ1) is 19.3. The van der Waals surface area contributed by atoms with Crippen LogP contribution in [0, 0.1) is 5.82 Å². The number of halogens is 2. The average Bonchev–Trinajstić information content (AvgIpc) is 3.35. The molecule has 10 heteroatoms. The molecule has 0 unspecified atom stereocenters. The molecule has 1 fully saturated rings. The van der Waals surface area contributed by atoms with Crippen LogP contribution >= 0.6 is 12.4 Å². The van der Waals surface area contributed by atoms with Gasteiger partial charge in [-0.2, -0.15) is 10.1 Å². The molecule has 29 heavy (non-hydrogen) atoms. The van der Waals surface area contributed by atoms with E-state index in [0.29, 0.717) is 11.2 Å². The summed E-state index contributed by atoms with van der Waals surface area (Å²) in [6.07, 6.45) is 3.45. The summed E-state index contributed by atoms with van der Waals surface area (Å²) in [5.74, 6) is 0.127. The maximum atomic E-state index is 14.0. The van der Waals surface area contributed by atoms with E-state index < -0.39 is 5.82 Å². The highest BCUT2D eigenvalue weighted by Gasteiger charge is 2.23. The predicted molar refractivity (Wildman–Crippen MR) is 107 cm³/mol. The van der Waals surface area contributed by atoms with Crippen molar-refractivity contribution in [2.45, 2.75) is 18.8 Å². The summed E-state index contributed by atoms with van der Waals surface area (Å²) in [6, 6.07) is 7.81. The summed E-state index contributed by atoms with van der Waals surface area (Å²) >= 11 is 0. The molecule has 1 aromatic carbocycles. The van der Waals surface area contributed by atoms with Crippen LogP contribution in [-0.4, -0.2) is 37.8 Å². The lowest BCUT2D eigenvalue weighted by Crippen LogP contribution is -2.28. The highest BCUT2D eigenvalue weighted by Crippen LogP contribution is 2.29. The summed E-state index contributed by atoms with van der Waals surface area (Å²) in [4.78, 5) is 19.4. The Morgan fingerprint density at radius 3 is 2.76 bits per heavy atom. The van der Waals surface area contributed by atoms with Gasteiger partial charge in [0.25, 0.3) is 11.4 Å². The highest BCUT2D eigenvalue weighted by atomic mass is 35.5. The van der Waals surface area contributed by atoms with Crippen LogP contribution in [-0.2, 0) is 0 Å². The highest BCUT2D eigenvalue weighted by molar-refractivity contribution is 5.85. The van der Waals surface area contributed by atoms with Gasteiger partial charge in [-0.3, -0.25) is 4.79 Å². The Balaban J connectivity index is 0.00000205. The molecule has 1 saturated heterocycles. The molecule has 0 radical (unpaired) electrons. The number of aromatic amines is 1. The number of rotatable bonds is 3. The fourth-order valence-electron chi connectivity index (χ4n) is 3.66. The van der Waals surface area contributed by atoms with Crippen LogP contribution in [0.25, 0.3) is 28.5 Å². The molecule has 4 heterocycles. The van der Waals surface area contributed by atoms with Crippen LogP contribution in [0.3, 0.4) is 0 Å². The van der Waals surface area contributed by atoms with Crippen molar-refractivity contribution >= 4 is 18.1 Å². The molecule has 0 amide bonds. The maximum absolute atomic E-state index is 14.0. The molecule has 0 aliphatic carbocycles. The summed E-state index contributed by atoms with van der Waals surface area (Å²) in [5.41, 5.74) is 1.89. The quantitative estimate of drug-likeness (QED) is 0.532. The van der Waals surface area contributed by atoms with E-state index in [1.807, 2.05) is 0 Å². The first-order valence-corrected chi connectivity index (χ1v) is 9.11. The number of benzene rings is 1. The largest absolute Gasteiger partial charge is 0.333 e. The van der Waals surface area contributed by atoms with Crippen molar-refractivity contribution in [2.24, 2.45) is 0 Å². The number of fused-ring (bicyclic) bond motifs is 1. The first-order chi connectivity index (χ1) is 13.7. The number of nitrogens with zero attached hydrogens (tertiary/aromatic N) is 4. The molecule has 1 aliphatic rings. The smallest absolute Gasteiger partial charge is 0.263 e. The molecule has 2 N–H and O–H groups in total. The fraction of sp³-hybridized carbons (Fsp3) is 0.263. The molecule has 3 aromatic heterocycles. The van der Waals surface area contributed by atoms with E-state index in [1.54, 1.807) is 35.0 Å². The zero-order valence-electron chi connectivity index (χ0n) is 15.3. The van der Waals surface area contributed by atoms with Gasteiger partial charge in [0.1, 0.15) is 17.0 Å². The zero-order chi connectivity index (χ0) is 19.1. The molecule has 0 atom stereocenters. The predicted octanol–water partition coefficient (Wildman–Crippen LogP) is 2.77. The third kappa shape index (κ3) is 3.43. The maximum Gasteiger partial charge on any atom is 0.263 e. The van der Waals surface area contributed by atoms with Crippen LogP contribution in [0.15, 0.2) is 45.8 Å². The van der Waals surface area contributed by atoms with Gasteiger partial charge < -0.3 is 14.8 Å². The van der Waals surface area contributed by atoms with Crippen LogP contribution in [0.4, 0.5) is 4.39 Å². The Kier molecular flexibility index (Phi) is 5.16. The van der Waals surface area contributed by atoms with Crippen molar-refractivity contribution in [1.29, 1.82) is 0 Å². The third-order valence-electron chi connectivity index (χ3n) is 5.06. The second-order valence-corrected chi connectivity index (χ2v) is 6.80. The van der Waals surface area contributed by atoms with Gasteiger partial charge in [-0.05, 0) is 38.1 Å². The van der Waals surface area contributed by atoms with Gasteiger partial charge in [-0.1, -0.05) is 17.3 Å². The van der Waals surface area contributed by atoms with Crippen LogP contribution in [0.2, 0.25) is 0 Å². The normalized spacial score (nSPS) is 14.8. The summed E-state index contributed by atoms with van der Waals surface area (Å²) in [5, 5.41) is 11.6. The average molecular weight is 417 g/mol. The minimum atomic E-state index is -0.434. The molecular formula is C19H18ClFN6O2. The van der Waals surface area contributed by atoms with E-state index in [0.717, 1.165) is 31.6 Å². The van der Waals surface area contributed by atoms with Gasteiger partial charge >= 0.3 is 0 Å². The standard InChI is InChI=1S/C19H17FN6O2.ClH/c20-14-4-2-1-3-12(14)17-24-19(28-25-17)13-10-22-26-15(9-16(27)23-18(13)26)11-5-7-21-8-6-11;/h1-4,9-11,21H,5-8H2,(H,23,27);1H. The second kappa shape index (κ2) is 7.76. The van der Waals surface area contributed by atoms with E-state index >= 15 is 0 Å². The molecule has 5 rings (SSSR count). The number of piperidine rings is 1. The molecule has 8 nitrogen and oxygen atoms in total. The zero-order valence-corrected chi connectivity index (χ0v) is 16.1. The van der Waals surface area contributed by atoms with Crippen LogP contribution in [0.1, 0.15) is 24.5 Å².